The molecule has 2 aromatic carbocycles. The minimum absolute atomic E-state index is 0.0929. The monoisotopic (exact) mass is 695 g/mol. The summed E-state index contributed by atoms with van der Waals surface area (Å²) >= 11 is 6.46. The Bertz CT molecular complexity index is 1750. The van der Waals surface area contributed by atoms with Gasteiger partial charge in [0.1, 0.15) is 11.4 Å². The topological polar surface area (TPSA) is 107 Å². The van der Waals surface area contributed by atoms with Crippen molar-refractivity contribution in [2.24, 2.45) is 22.1 Å². The number of carbonyl (C=O) groups excluding carboxylic acids is 2. The third-order valence-corrected chi connectivity index (χ3v) is 13.0. The van der Waals surface area contributed by atoms with Gasteiger partial charge in [0.25, 0.3) is 5.91 Å². The number of methoxy groups -OCH3 is 1. The lowest BCUT2D eigenvalue weighted by Crippen LogP contribution is -2.49. The normalized spacial score (nSPS) is 31.4. The fourth-order valence-corrected chi connectivity index (χ4v) is 9.68. The molecule has 0 radical (unpaired) electrons. The number of halogens is 1. The summed E-state index contributed by atoms with van der Waals surface area (Å²) in [6.45, 7) is 5.31. The fourth-order valence-electron chi connectivity index (χ4n) is 7.85. The third-order valence-electron chi connectivity index (χ3n) is 11.0. The first-order chi connectivity index (χ1) is 23.0. The molecule has 0 saturated heterocycles. The predicted molar refractivity (Wildman–Crippen MR) is 186 cm³/mol. The van der Waals surface area contributed by atoms with Crippen LogP contribution in [0.15, 0.2) is 57.8 Å². The second-order valence-corrected chi connectivity index (χ2v) is 17.1. The number of aryl methyl sites for hydroxylation is 1. The van der Waals surface area contributed by atoms with Crippen molar-refractivity contribution in [2.75, 3.05) is 38.3 Å². The molecule has 2 heterocycles. The Kier molecular flexibility index (Phi) is 9.15. The molecule has 11 heteroatoms. The minimum atomic E-state index is -3.72. The average Bonchev–Trinajstić information content (AvgIpc) is 3.87. The zero-order valence-electron chi connectivity index (χ0n) is 28.0. The summed E-state index contributed by atoms with van der Waals surface area (Å²) in [6, 6.07) is 11.5. The number of nitrogens with zero attached hydrogens (tertiary/aromatic N) is 2. The van der Waals surface area contributed by atoms with Crippen LogP contribution in [-0.2, 0) is 40.8 Å². The van der Waals surface area contributed by atoms with Crippen LogP contribution in [0.4, 0.5) is 5.69 Å². The number of amides is 2. The minimum Gasteiger partial charge on any atom is -0.490 e. The van der Waals surface area contributed by atoms with Gasteiger partial charge in [-0.2, -0.15) is 0 Å². The maximum Gasteiger partial charge on any atom is 0.287 e. The second-order valence-electron chi connectivity index (χ2n) is 14.8. The van der Waals surface area contributed by atoms with Gasteiger partial charge in [0.2, 0.25) is 5.91 Å². The van der Waals surface area contributed by atoms with Crippen molar-refractivity contribution in [3.63, 3.8) is 0 Å². The number of fused-ring (bicyclic) bond motifs is 4. The molecule has 0 unspecified atom stereocenters. The molecule has 1 N–H and O–H groups in total. The highest BCUT2D eigenvalue weighted by atomic mass is 35.5. The smallest absolute Gasteiger partial charge is 0.287 e. The Labute approximate surface area is 289 Å². The van der Waals surface area contributed by atoms with Crippen molar-refractivity contribution in [1.29, 1.82) is 0 Å². The molecule has 3 aliphatic carbocycles. The van der Waals surface area contributed by atoms with E-state index in [1.807, 2.05) is 30.4 Å². The van der Waals surface area contributed by atoms with E-state index >= 15 is 0 Å². The number of hydrogen-bond donors (Lipinski definition) is 1. The molecule has 0 aromatic heterocycles. The van der Waals surface area contributed by atoms with Crippen LogP contribution in [0.3, 0.4) is 0 Å². The van der Waals surface area contributed by atoms with Crippen LogP contribution in [0.1, 0.15) is 69.9 Å². The van der Waals surface area contributed by atoms with Crippen LogP contribution in [0.25, 0.3) is 0 Å². The standard InChI is InChI=1S/C37H46ClN3O6S/c1-36(2)35(43)40-48(44,39-34(42)18-24-8-9-24)28-12-15-33-31(20-28)41(21-26-10-13-29(26)32(45-3)7-5-17-47-36)22-37(23-46-33)16-4-6-25-19-27(38)11-14-30(25)37/h5,7,11-12,14-15,19-20,24,26,29,32H,4,6,8-10,13,16-18,21-23H2,1-3H3,(H,39,40,42,43,44)/t26-,29+,32-,37-,48-/m0/s1. The number of anilines is 1. The van der Waals surface area contributed by atoms with E-state index in [2.05, 4.69) is 26.1 Å². The number of rotatable bonds is 4. The maximum atomic E-state index is 14.9. The molecule has 1 spiro atoms. The highest BCUT2D eigenvalue weighted by molar-refractivity contribution is 7.92. The Morgan fingerprint density at radius 2 is 2.00 bits per heavy atom. The summed E-state index contributed by atoms with van der Waals surface area (Å²) in [7, 11) is -1.98. The average molecular weight is 696 g/mol. The molecule has 2 aliphatic heterocycles. The molecular formula is C37H46ClN3O6S. The summed E-state index contributed by atoms with van der Waals surface area (Å²) in [6.07, 6.45) is 11.1. The van der Waals surface area contributed by atoms with E-state index in [4.69, 9.17) is 25.8 Å². The predicted octanol–water partition coefficient (Wildman–Crippen LogP) is 6.40. The zero-order valence-corrected chi connectivity index (χ0v) is 29.6. The number of benzene rings is 2. The van der Waals surface area contributed by atoms with Crippen LogP contribution in [0.5, 0.6) is 5.75 Å². The summed E-state index contributed by atoms with van der Waals surface area (Å²) in [5, 5.41) is 0.736. The van der Waals surface area contributed by atoms with Gasteiger partial charge in [-0.1, -0.05) is 29.8 Å². The molecule has 48 heavy (non-hydrogen) atoms. The molecule has 2 aromatic rings. The lowest BCUT2D eigenvalue weighted by atomic mass is 9.68. The summed E-state index contributed by atoms with van der Waals surface area (Å²) < 4.78 is 40.4. The van der Waals surface area contributed by atoms with Gasteiger partial charge in [0.05, 0.1) is 29.9 Å². The first-order valence-electron chi connectivity index (χ1n) is 17.2. The summed E-state index contributed by atoms with van der Waals surface area (Å²) in [4.78, 5) is 29.5. The fraction of sp³-hybridized carbons (Fsp3) is 0.568. The van der Waals surface area contributed by atoms with Gasteiger partial charge in [-0.15, -0.1) is 4.36 Å². The van der Waals surface area contributed by atoms with Gasteiger partial charge in [0.15, 0.2) is 9.92 Å². The second kappa shape index (κ2) is 13.1. The van der Waals surface area contributed by atoms with Crippen LogP contribution < -0.4 is 14.4 Å². The Hall–Kier alpha value is -2.92. The largest absolute Gasteiger partial charge is 0.490 e. The lowest BCUT2D eigenvalue weighted by Gasteiger charge is -2.46. The van der Waals surface area contributed by atoms with E-state index in [9.17, 15) is 13.8 Å². The molecule has 2 bridgehead atoms. The Morgan fingerprint density at radius 1 is 1.17 bits per heavy atom. The van der Waals surface area contributed by atoms with E-state index in [1.54, 1.807) is 27.0 Å². The number of ether oxygens (including phenoxy) is 3. The van der Waals surface area contributed by atoms with Crippen LogP contribution in [-0.4, -0.2) is 61.1 Å². The van der Waals surface area contributed by atoms with Crippen LogP contribution in [0.2, 0.25) is 5.02 Å². The number of carbonyl (C=O) groups is 2. The van der Waals surface area contributed by atoms with Crippen molar-refractivity contribution in [3.8, 4) is 5.75 Å². The maximum absolute atomic E-state index is 14.9. The van der Waals surface area contributed by atoms with E-state index < -0.39 is 21.4 Å². The zero-order chi connectivity index (χ0) is 33.7. The number of nitrogens with one attached hydrogen (secondary N) is 1. The molecule has 5 aliphatic rings. The van der Waals surface area contributed by atoms with E-state index in [0.29, 0.717) is 30.7 Å². The molecule has 2 amide bonds. The molecule has 7 rings (SSSR count). The van der Waals surface area contributed by atoms with E-state index in [1.165, 1.54) is 11.1 Å². The van der Waals surface area contributed by atoms with Crippen molar-refractivity contribution >= 4 is 39.0 Å². The Balaban J connectivity index is 1.35. The van der Waals surface area contributed by atoms with Crippen molar-refractivity contribution < 1.29 is 28.0 Å². The van der Waals surface area contributed by atoms with Crippen molar-refractivity contribution in [3.05, 3.63) is 64.7 Å². The van der Waals surface area contributed by atoms with Gasteiger partial charge >= 0.3 is 0 Å². The summed E-state index contributed by atoms with van der Waals surface area (Å²) in [5.74, 6) is 0.516. The van der Waals surface area contributed by atoms with Gasteiger partial charge in [-0.3, -0.25) is 14.3 Å². The van der Waals surface area contributed by atoms with Crippen LogP contribution >= 0.6 is 11.6 Å². The summed E-state index contributed by atoms with van der Waals surface area (Å²) in [5.41, 5.74) is 1.65. The van der Waals surface area contributed by atoms with Gasteiger partial charge < -0.3 is 19.1 Å². The van der Waals surface area contributed by atoms with Gasteiger partial charge in [-0.25, -0.2) is 4.21 Å². The quantitative estimate of drug-likeness (QED) is 0.369. The van der Waals surface area contributed by atoms with Crippen LogP contribution in [0, 0.1) is 17.8 Å². The highest BCUT2D eigenvalue weighted by Gasteiger charge is 2.45. The number of hydrogen-bond acceptors (Lipinski definition) is 7. The lowest BCUT2D eigenvalue weighted by molar-refractivity contribution is -0.137. The first-order valence-corrected chi connectivity index (χ1v) is 19.1. The SMILES string of the molecule is CO[C@H]1C=CCOC(C)(C)C(=O)N=[S@@](=O)(NC(=O)CC2CC2)c2ccc3c(c2)N(C[C@@H]2CC[C@H]21)C[C@@]1(CCCc2cc(Cl)ccc21)CO3. The van der Waals surface area contributed by atoms with Crippen molar-refractivity contribution in [1.82, 2.24) is 4.72 Å². The first kappa shape index (κ1) is 33.6. The van der Waals surface area contributed by atoms with Gasteiger partial charge in [0, 0.05) is 37.1 Å². The highest BCUT2D eigenvalue weighted by Crippen LogP contribution is 2.47. The molecule has 5 atom stereocenters. The molecule has 258 valence electrons. The third kappa shape index (κ3) is 6.65. The molecule has 2 fully saturated rings. The van der Waals surface area contributed by atoms with E-state index in [-0.39, 0.29) is 41.3 Å². The van der Waals surface area contributed by atoms with Crippen molar-refractivity contribution in [2.45, 2.75) is 87.2 Å². The van der Waals surface area contributed by atoms with Gasteiger partial charge in [-0.05, 0) is 118 Å². The van der Waals surface area contributed by atoms with E-state index in [0.717, 1.165) is 62.2 Å². The Morgan fingerprint density at radius 3 is 2.75 bits per heavy atom. The molecular weight excluding hydrogens is 650 g/mol. The molecule has 9 nitrogen and oxygen atoms in total. The molecule has 2 saturated carbocycles.